The smallest absolute Gasteiger partial charge is 0.371 e. The highest BCUT2D eigenvalue weighted by Crippen LogP contribution is 2.28. The molecule has 3 heterocycles. The summed E-state index contributed by atoms with van der Waals surface area (Å²) in [4.78, 5) is 26.6. The SMILES string of the molecule is O=C(O)c1ccc(-c2ccc3ncnc(NCCc4cnc[nH]4)c3c2)o1. The molecule has 0 atom stereocenters. The maximum atomic E-state index is 11.0. The topological polar surface area (TPSA) is 117 Å². The minimum absolute atomic E-state index is 0.0951. The van der Waals surface area contributed by atoms with Crippen molar-refractivity contribution in [2.24, 2.45) is 0 Å². The molecule has 3 N–H and O–H groups in total. The van der Waals surface area contributed by atoms with E-state index >= 15 is 0 Å². The summed E-state index contributed by atoms with van der Waals surface area (Å²) in [5.74, 6) is 0.00166. The second kappa shape index (κ2) is 6.67. The minimum Gasteiger partial charge on any atom is -0.475 e. The first-order valence-electron chi connectivity index (χ1n) is 8.00. The number of furan rings is 1. The van der Waals surface area contributed by atoms with Gasteiger partial charge in [-0.3, -0.25) is 0 Å². The molecule has 0 fully saturated rings. The third-order valence-electron chi connectivity index (χ3n) is 3.98. The van der Waals surface area contributed by atoms with E-state index in [1.54, 1.807) is 18.6 Å². The van der Waals surface area contributed by atoms with Crippen molar-refractivity contribution in [1.29, 1.82) is 0 Å². The van der Waals surface area contributed by atoms with Crippen LogP contribution >= 0.6 is 0 Å². The number of fused-ring (bicyclic) bond motifs is 1. The van der Waals surface area contributed by atoms with Crippen LogP contribution in [0.25, 0.3) is 22.2 Å². The second-order valence-electron chi connectivity index (χ2n) is 5.68. The molecule has 0 radical (unpaired) electrons. The van der Waals surface area contributed by atoms with Gasteiger partial charge in [0.15, 0.2) is 0 Å². The number of aromatic amines is 1. The molecule has 0 bridgehead atoms. The molecular weight excluding hydrogens is 334 g/mol. The Balaban J connectivity index is 1.62. The number of carboxylic acids is 1. The monoisotopic (exact) mass is 349 g/mol. The fraction of sp³-hybridized carbons (Fsp3) is 0.111. The van der Waals surface area contributed by atoms with E-state index < -0.39 is 5.97 Å². The number of carboxylic acid groups (broad SMARTS) is 1. The normalized spacial score (nSPS) is 10.9. The first-order chi connectivity index (χ1) is 12.7. The summed E-state index contributed by atoms with van der Waals surface area (Å²) >= 11 is 0. The molecule has 8 nitrogen and oxygen atoms in total. The summed E-state index contributed by atoms with van der Waals surface area (Å²) in [6.07, 6.45) is 5.73. The Kier molecular flexibility index (Phi) is 4.06. The Morgan fingerprint density at radius 2 is 2.15 bits per heavy atom. The number of carbonyl (C=O) groups is 1. The fourth-order valence-corrected chi connectivity index (χ4v) is 2.70. The molecule has 0 aliphatic heterocycles. The van der Waals surface area contributed by atoms with Crippen molar-refractivity contribution in [2.45, 2.75) is 6.42 Å². The zero-order chi connectivity index (χ0) is 17.9. The summed E-state index contributed by atoms with van der Waals surface area (Å²) in [6, 6.07) is 8.66. The van der Waals surface area contributed by atoms with Crippen molar-refractivity contribution in [3.05, 3.63) is 60.6 Å². The van der Waals surface area contributed by atoms with Gasteiger partial charge in [0.1, 0.15) is 17.9 Å². The minimum atomic E-state index is -1.10. The lowest BCUT2D eigenvalue weighted by molar-refractivity contribution is 0.0663. The van der Waals surface area contributed by atoms with Gasteiger partial charge in [0.05, 0.1) is 11.8 Å². The van der Waals surface area contributed by atoms with Gasteiger partial charge in [0, 0.05) is 35.8 Å². The molecule has 26 heavy (non-hydrogen) atoms. The Morgan fingerprint density at radius 1 is 1.23 bits per heavy atom. The molecule has 0 unspecified atom stereocenters. The summed E-state index contributed by atoms with van der Waals surface area (Å²) in [7, 11) is 0. The molecule has 8 heteroatoms. The fourth-order valence-electron chi connectivity index (χ4n) is 2.70. The van der Waals surface area contributed by atoms with Crippen LogP contribution in [0.5, 0.6) is 0 Å². The number of hydrogen-bond acceptors (Lipinski definition) is 6. The van der Waals surface area contributed by atoms with Gasteiger partial charge in [0.2, 0.25) is 5.76 Å². The summed E-state index contributed by atoms with van der Waals surface area (Å²) < 4.78 is 5.38. The number of nitrogens with one attached hydrogen (secondary N) is 2. The molecule has 1 aromatic carbocycles. The van der Waals surface area contributed by atoms with Crippen LogP contribution < -0.4 is 5.32 Å². The number of hydrogen-bond donors (Lipinski definition) is 3. The number of H-pyrrole nitrogens is 1. The third kappa shape index (κ3) is 3.12. The molecular formula is C18H15N5O3. The number of imidazole rings is 1. The standard InChI is InChI=1S/C18H15N5O3/c24-18(25)16-4-3-15(26-16)11-1-2-14-13(7-11)17(23-10-22-14)20-6-5-12-8-19-9-21-12/h1-4,7-10H,5-6H2,(H,19,21)(H,24,25)(H,20,22,23). The molecule has 4 rings (SSSR count). The maximum absolute atomic E-state index is 11.0. The van der Waals surface area contributed by atoms with Crippen LogP contribution in [-0.2, 0) is 6.42 Å². The van der Waals surface area contributed by atoms with Crippen molar-refractivity contribution in [2.75, 3.05) is 11.9 Å². The average Bonchev–Trinajstić information content (AvgIpc) is 3.33. The van der Waals surface area contributed by atoms with Crippen LogP contribution in [0.1, 0.15) is 16.2 Å². The van der Waals surface area contributed by atoms with E-state index in [-0.39, 0.29) is 5.76 Å². The van der Waals surface area contributed by atoms with Crippen LogP contribution in [0, 0.1) is 0 Å². The second-order valence-corrected chi connectivity index (χ2v) is 5.68. The van der Waals surface area contributed by atoms with Gasteiger partial charge in [-0.05, 0) is 30.3 Å². The molecule has 0 saturated heterocycles. The predicted octanol–water partition coefficient (Wildman–Crippen LogP) is 2.97. The van der Waals surface area contributed by atoms with Crippen LogP contribution in [0.15, 0.2) is 53.6 Å². The average molecular weight is 349 g/mol. The van der Waals surface area contributed by atoms with Gasteiger partial charge in [-0.15, -0.1) is 0 Å². The first kappa shape index (κ1) is 15.8. The van der Waals surface area contributed by atoms with E-state index in [9.17, 15) is 4.79 Å². The van der Waals surface area contributed by atoms with E-state index in [1.165, 1.54) is 12.4 Å². The number of aromatic carboxylic acids is 1. The van der Waals surface area contributed by atoms with Gasteiger partial charge in [-0.25, -0.2) is 19.7 Å². The van der Waals surface area contributed by atoms with E-state index in [0.717, 1.165) is 28.6 Å². The van der Waals surface area contributed by atoms with Gasteiger partial charge in [0.25, 0.3) is 0 Å². The van der Waals surface area contributed by atoms with Crippen LogP contribution in [0.4, 0.5) is 5.82 Å². The summed E-state index contributed by atoms with van der Waals surface area (Å²) in [5.41, 5.74) is 2.59. The van der Waals surface area contributed by atoms with Gasteiger partial charge in [-0.1, -0.05) is 0 Å². The molecule has 3 aromatic heterocycles. The molecule has 0 aliphatic rings. The van der Waals surface area contributed by atoms with Crippen molar-refractivity contribution >= 4 is 22.7 Å². The van der Waals surface area contributed by atoms with Crippen LogP contribution in [0.3, 0.4) is 0 Å². The van der Waals surface area contributed by atoms with Crippen molar-refractivity contribution < 1.29 is 14.3 Å². The number of anilines is 1. The zero-order valence-electron chi connectivity index (χ0n) is 13.6. The molecule has 4 aromatic rings. The van der Waals surface area contributed by atoms with Gasteiger partial charge >= 0.3 is 5.97 Å². The maximum Gasteiger partial charge on any atom is 0.371 e. The number of nitrogens with zero attached hydrogens (tertiary/aromatic N) is 3. The largest absolute Gasteiger partial charge is 0.475 e. The van der Waals surface area contributed by atoms with Crippen molar-refractivity contribution in [3.8, 4) is 11.3 Å². The molecule has 130 valence electrons. The Hall–Kier alpha value is -3.68. The first-order valence-corrected chi connectivity index (χ1v) is 8.00. The van der Waals surface area contributed by atoms with Crippen molar-refractivity contribution in [1.82, 2.24) is 19.9 Å². The van der Waals surface area contributed by atoms with Gasteiger partial charge in [-0.2, -0.15) is 0 Å². The quantitative estimate of drug-likeness (QED) is 0.490. The highest BCUT2D eigenvalue weighted by atomic mass is 16.4. The highest BCUT2D eigenvalue weighted by molar-refractivity contribution is 5.92. The number of benzene rings is 1. The zero-order valence-corrected chi connectivity index (χ0v) is 13.6. The molecule has 0 amide bonds. The van der Waals surface area contributed by atoms with E-state index in [1.807, 2.05) is 18.2 Å². The molecule has 0 saturated carbocycles. The molecule has 0 spiro atoms. The van der Waals surface area contributed by atoms with Crippen molar-refractivity contribution in [3.63, 3.8) is 0 Å². The van der Waals surface area contributed by atoms with E-state index in [4.69, 9.17) is 9.52 Å². The number of rotatable bonds is 6. The van der Waals surface area contributed by atoms with Gasteiger partial charge < -0.3 is 19.8 Å². The lowest BCUT2D eigenvalue weighted by Gasteiger charge is -2.08. The lowest BCUT2D eigenvalue weighted by Crippen LogP contribution is -2.07. The lowest BCUT2D eigenvalue weighted by atomic mass is 10.1. The van der Waals surface area contributed by atoms with Crippen LogP contribution in [-0.4, -0.2) is 37.6 Å². The molecule has 0 aliphatic carbocycles. The Morgan fingerprint density at radius 3 is 2.92 bits per heavy atom. The Bertz CT molecular complexity index is 1060. The van der Waals surface area contributed by atoms with Crippen LogP contribution in [0.2, 0.25) is 0 Å². The predicted molar refractivity (Wildman–Crippen MR) is 95.0 cm³/mol. The number of aromatic nitrogens is 4. The highest BCUT2D eigenvalue weighted by Gasteiger charge is 2.12. The Labute approximate surface area is 147 Å². The van der Waals surface area contributed by atoms with E-state index in [2.05, 4.69) is 25.3 Å². The third-order valence-corrected chi connectivity index (χ3v) is 3.98. The summed E-state index contributed by atoms with van der Waals surface area (Å²) in [6.45, 7) is 0.683. The van der Waals surface area contributed by atoms with E-state index in [0.29, 0.717) is 18.1 Å². The summed E-state index contributed by atoms with van der Waals surface area (Å²) in [5, 5.41) is 13.1.